The van der Waals surface area contributed by atoms with E-state index < -0.39 is 4.92 Å². The quantitative estimate of drug-likeness (QED) is 0.662. The van der Waals surface area contributed by atoms with Crippen molar-refractivity contribution in [2.45, 2.75) is 13.8 Å². The number of hydrogen-bond donors (Lipinski definition) is 1. The topological polar surface area (TPSA) is 69.2 Å². The molecule has 0 aliphatic rings. The molecule has 0 radical (unpaired) electrons. The van der Waals surface area contributed by atoms with Crippen LogP contribution in [0.4, 0.5) is 5.69 Å². The zero-order chi connectivity index (χ0) is 13.0. The average Bonchev–Trinajstić information content (AvgIpc) is 2.27. The first-order valence-corrected chi connectivity index (χ1v) is 5.68. The molecule has 0 unspecified atom stereocenters. The maximum Gasteiger partial charge on any atom is 0.270 e. The molecule has 0 saturated heterocycles. The highest BCUT2D eigenvalue weighted by molar-refractivity contribution is 6.32. The summed E-state index contributed by atoms with van der Waals surface area (Å²) in [4.78, 5) is 10.2. The number of nitrogens with two attached hydrogens (primary N) is 1. The second kappa shape index (κ2) is 5.80. The molecule has 1 rings (SSSR count). The minimum absolute atomic E-state index is 0.0285. The fourth-order valence-electron chi connectivity index (χ4n) is 1.42. The Morgan fingerprint density at radius 3 is 2.71 bits per heavy atom. The lowest BCUT2D eigenvalue weighted by atomic mass is 10.0. The summed E-state index contributed by atoms with van der Waals surface area (Å²) in [6.45, 7) is 4.45. The zero-order valence-electron chi connectivity index (χ0n) is 9.81. The van der Waals surface area contributed by atoms with Crippen LogP contribution in [0.5, 0.6) is 0 Å². The van der Waals surface area contributed by atoms with Crippen LogP contribution in [0.1, 0.15) is 19.4 Å². The fourth-order valence-corrected chi connectivity index (χ4v) is 1.59. The molecule has 92 valence electrons. The van der Waals surface area contributed by atoms with Crippen molar-refractivity contribution in [3.8, 4) is 0 Å². The van der Waals surface area contributed by atoms with Gasteiger partial charge in [0, 0.05) is 23.7 Å². The summed E-state index contributed by atoms with van der Waals surface area (Å²) < 4.78 is 0. The highest BCUT2D eigenvalue weighted by Crippen LogP contribution is 2.25. The Labute approximate surface area is 105 Å². The third-order valence-corrected chi connectivity index (χ3v) is 2.85. The summed E-state index contributed by atoms with van der Waals surface area (Å²) in [5, 5.41) is 11.2. The Morgan fingerprint density at radius 2 is 2.24 bits per heavy atom. The molecule has 1 aromatic carbocycles. The third-order valence-electron chi connectivity index (χ3n) is 2.51. The lowest BCUT2D eigenvalue weighted by Crippen LogP contribution is -2.08. The maximum atomic E-state index is 10.7. The molecule has 0 heterocycles. The summed E-state index contributed by atoms with van der Waals surface area (Å²) in [6.07, 6.45) is 1.82. The highest BCUT2D eigenvalue weighted by Gasteiger charge is 2.09. The van der Waals surface area contributed by atoms with Crippen LogP contribution in [0.3, 0.4) is 0 Å². The van der Waals surface area contributed by atoms with Gasteiger partial charge in [-0.25, -0.2) is 0 Å². The van der Waals surface area contributed by atoms with E-state index in [9.17, 15) is 10.1 Å². The lowest BCUT2D eigenvalue weighted by Gasteiger charge is -2.09. The predicted molar refractivity (Wildman–Crippen MR) is 70.0 cm³/mol. The van der Waals surface area contributed by atoms with Gasteiger partial charge in [-0.15, -0.1) is 0 Å². The van der Waals surface area contributed by atoms with Crippen molar-refractivity contribution >= 4 is 23.4 Å². The molecule has 17 heavy (non-hydrogen) atoms. The SMILES string of the molecule is CC(C)C(=Cc1cc([N+](=O)[O-])ccc1Cl)CN. The van der Waals surface area contributed by atoms with Gasteiger partial charge in [0.2, 0.25) is 0 Å². The smallest absolute Gasteiger partial charge is 0.270 e. The summed E-state index contributed by atoms with van der Waals surface area (Å²) >= 11 is 6.00. The molecule has 0 spiro atoms. The first-order chi connectivity index (χ1) is 7.95. The minimum Gasteiger partial charge on any atom is -0.327 e. The Kier molecular flexibility index (Phi) is 4.66. The highest BCUT2D eigenvalue weighted by atomic mass is 35.5. The van der Waals surface area contributed by atoms with E-state index >= 15 is 0 Å². The van der Waals surface area contributed by atoms with Crippen molar-refractivity contribution < 1.29 is 4.92 Å². The van der Waals surface area contributed by atoms with Gasteiger partial charge in [-0.05, 0) is 17.5 Å². The summed E-state index contributed by atoms with van der Waals surface area (Å²) in [6, 6.07) is 4.37. The molecule has 1 aromatic rings. The van der Waals surface area contributed by atoms with Gasteiger partial charge in [0.05, 0.1) is 4.92 Å². The second-order valence-corrected chi connectivity index (χ2v) is 4.45. The van der Waals surface area contributed by atoms with Crippen LogP contribution in [0.25, 0.3) is 6.08 Å². The number of non-ortho nitro benzene ring substituents is 1. The molecule has 0 fully saturated rings. The van der Waals surface area contributed by atoms with Gasteiger partial charge < -0.3 is 5.73 Å². The molecule has 0 aliphatic carbocycles. The molecule has 0 amide bonds. The Hall–Kier alpha value is -1.39. The Morgan fingerprint density at radius 1 is 1.59 bits per heavy atom. The molecule has 0 atom stereocenters. The minimum atomic E-state index is -0.439. The Balaban J connectivity index is 3.21. The van der Waals surface area contributed by atoms with Crippen molar-refractivity contribution in [1.82, 2.24) is 0 Å². The van der Waals surface area contributed by atoms with Crippen LogP contribution in [0.15, 0.2) is 23.8 Å². The maximum absolute atomic E-state index is 10.7. The fraction of sp³-hybridized carbons (Fsp3) is 0.333. The van der Waals surface area contributed by atoms with Gasteiger partial charge in [-0.1, -0.05) is 37.1 Å². The van der Waals surface area contributed by atoms with Gasteiger partial charge in [0.15, 0.2) is 0 Å². The molecule has 0 saturated carbocycles. The summed E-state index contributed by atoms with van der Waals surface area (Å²) in [5.74, 6) is 0.287. The number of nitro benzene ring substituents is 1. The van der Waals surface area contributed by atoms with Crippen LogP contribution in [-0.4, -0.2) is 11.5 Å². The number of benzene rings is 1. The summed E-state index contributed by atoms with van der Waals surface area (Å²) in [7, 11) is 0. The van der Waals surface area contributed by atoms with Crippen molar-refractivity contribution in [2.24, 2.45) is 11.7 Å². The standard InChI is InChI=1S/C12H15ClN2O2/c1-8(2)10(7-14)5-9-6-11(15(16)17)3-4-12(9)13/h3-6,8H,7,14H2,1-2H3. The van der Waals surface area contributed by atoms with Gasteiger partial charge >= 0.3 is 0 Å². The van der Waals surface area contributed by atoms with E-state index in [1.165, 1.54) is 18.2 Å². The second-order valence-electron chi connectivity index (χ2n) is 4.04. The van der Waals surface area contributed by atoms with E-state index in [2.05, 4.69) is 0 Å². The van der Waals surface area contributed by atoms with E-state index in [0.29, 0.717) is 17.1 Å². The van der Waals surface area contributed by atoms with E-state index in [-0.39, 0.29) is 11.6 Å². The van der Waals surface area contributed by atoms with Crippen LogP contribution in [0.2, 0.25) is 5.02 Å². The molecular formula is C12H15ClN2O2. The van der Waals surface area contributed by atoms with Crippen LogP contribution < -0.4 is 5.73 Å². The number of hydrogen-bond acceptors (Lipinski definition) is 3. The van der Waals surface area contributed by atoms with Crippen LogP contribution >= 0.6 is 11.6 Å². The van der Waals surface area contributed by atoms with Crippen molar-refractivity contribution in [3.63, 3.8) is 0 Å². The molecule has 0 bridgehead atoms. The normalized spacial score (nSPS) is 11.9. The van der Waals surface area contributed by atoms with Crippen molar-refractivity contribution in [2.75, 3.05) is 6.54 Å². The first kappa shape index (κ1) is 13.7. The molecular weight excluding hydrogens is 240 g/mol. The van der Waals surface area contributed by atoms with Gasteiger partial charge in [0.25, 0.3) is 5.69 Å². The van der Waals surface area contributed by atoms with E-state index in [4.69, 9.17) is 17.3 Å². The predicted octanol–water partition coefficient (Wildman–Crippen LogP) is 3.25. The number of nitro groups is 1. The molecule has 2 N–H and O–H groups in total. The van der Waals surface area contributed by atoms with Crippen LogP contribution in [0, 0.1) is 16.0 Å². The Bertz CT molecular complexity index is 456. The zero-order valence-corrected chi connectivity index (χ0v) is 10.6. The van der Waals surface area contributed by atoms with E-state index in [1.807, 2.05) is 19.9 Å². The molecule has 0 aliphatic heterocycles. The van der Waals surface area contributed by atoms with Crippen LogP contribution in [-0.2, 0) is 0 Å². The van der Waals surface area contributed by atoms with Gasteiger partial charge in [-0.3, -0.25) is 10.1 Å². The average molecular weight is 255 g/mol. The number of halogens is 1. The van der Waals surface area contributed by atoms with E-state index in [1.54, 1.807) is 0 Å². The first-order valence-electron chi connectivity index (χ1n) is 5.30. The molecule has 5 heteroatoms. The third kappa shape index (κ3) is 3.54. The van der Waals surface area contributed by atoms with E-state index in [0.717, 1.165) is 5.57 Å². The summed E-state index contributed by atoms with van der Waals surface area (Å²) in [5.41, 5.74) is 7.29. The van der Waals surface area contributed by atoms with Crippen molar-refractivity contribution in [3.05, 3.63) is 44.5 Å². The lowest BCUT2D eigenvalue weighted by molar-refractivity contribution is -0.384. The largest absolute Gasteiger partial charge is 0.327 e. The molecule has 0 aromatic heterocycles. The monoisotopic (exact) mass is 254 g/mol. The number of rotatable bonds is 4. The van der Waals surface area contributed by atoms with Crippen molar-refractivity contribution in [1.29, 1.82) is 0 Å². The van der Waals surface area contributed by atoms with Gasteiger partial charge in [0.1, 0.15) is 0 Å². The molecule has 4 nitrogen and oxygen atoms in total. The van der Waals surface area contributed by atoms with Gasteiger partial charge in [-0.2, -0.15) is 0 Å². The number of nitrogens with zero attached hydrogens (tertiary/aromatic N) is 1.